The van der Waals surface area contributed by atoms with Gasteiger partial charge in [-0.25, -0.2) is 21.9 Å². The molecule has 0 bridgehead atoms. The van der Waals surface area contributed by atoms with E-state index in [0.29, 0.717) is 24.3 Å². The van der Waals surface area contributed by atoms with Crippen LogP contribution in [-0.2, 0) is 10.0 Å². The Kier molecular flexibility index (Phi) is 5.77. The third-order valence-corrected chi connectivity index (χ3v) is 5.09. The standard InChI is InChI=1S/C9H13F2N3O4S2/c1-2-3-12-9-6(14(15)16)4-8(19-9)20(17,18)13-5-7(10)11/h4,7,12-13H,2-3,5H2,1H3. The molecule has 0 aliphatic rings. The number of alkyl halides is 2. The van der Waals surface area contributed by atoms with Crippen molar-refractivity contribution in [3.05, 3.63) is 16.2 Å². The number of rotatable bonds is 8. The Labute approximate surface area is 118 Å². The van der Waals surface area contributed by atoms with Crippen LogP contribution >= 0.6 is 11.3 Å². The number of thiophene rings is 1. The van der Waals surface area contributed by atoms with Gasteiger partial charge in [0.05, 0.1) is 11.5 Å². The van der Waals surface area contributed by atoms with Gasteiger partial charge in [0.25, 0.3) is 16.4 Å². The summed E-state index contributed by atoms with van der Waals surface area (Å²) in [6.07, 6.45) is -2.14. The van der Waals surface area contributed by atoms with E-state index in [1.165, 1.54) is 0 Å². The Morgan fingerprint density at radius 2 is 2.15 bits per heavy atom. The van der Waals surface area contributed by atoms with Crippen molar-refractivity contribution in [1.29, 1.82) is 0 Å². The van der Waals surface area contributed by atoms with E-state index in [1.807, 2.05) is 6.92 Å². The van der Waals surface area contributed by atoms with E-state index in [9.17, 15) is 27.3 Å². The summed E-state index contributed by atoms with van der Waals surface area (Å²) in [6, 6.07) is 0.858. The highest BCUT2D eigenvalue weighted by atomic mass is 32.2. The smallest absolute Gasteiger partial charge is 0.304 e. The van der Waals surface area contributed by atoms with Gasteiger partial charge in [-0.2, -0.15) is 0 Å². The number of anilines is 1. The van der Waals surface area contributed by atoms with Gasteiger partial charge in [0.2, 0.25) is 0 Å². The van der Waals surface area contributed by atoms with E-state index < -0.39 is 27.9 Å². The summed E-state index contributed by atoms with van der Waals surface area (Å²) in [4.78, 5) is 10.1. The summed E-state index contributed by atoms with van der Waals surface area (Å²) in [6.45, 7) is 1.24. The van der Waals surface area contributed by atoms with Crippen LogP contribution in [0.4, 0.5) is 19.5 Å². The zero-order valence-electron chi connectivity index (χ0n) is 10.4. The van der Waals surface area contributed by atoms with Gasteiger partial charge >= 0.3 is 5.69 Å². The average Bonchev–Trinajstić information content (AvgIpc) is 2.79. The summed E-state index contributed by atoms with van der Waals surface area (Å²) in [5.41, 5.74) is -0.388. The molecule has 0 atom stereocenters. The lowest BCUT2D eigenvalue weighted by molar-refractivity contribution is -0.383. The first-order valence-corrected chi connectivity index (χ1v) is 7.87. The maximum absolute atomic E-state index is 12.0. The molecule has 0 saturated heterocycles. The van der Waals surface area contributed by atoms with Gasteiger partial charge in [-0.3, -0.25) is 10.1 Å². The highest BCUT2D eigenvalue weighted by Crippen LogP contribution is 2.36. The average molecular weight is 329 g/mol. The minimum atomic E-state index is -4.17. The maximum atomic E-state index is 12.0. The Morgan fingerprint density at radius 1 is 1.50 bits per heavy atom. The second kappa shape index (κ2) is 6.90. The first-order chi connectivity index (χ1) is 9.27. The minimum absolute atomic E-state index is 0.0919. The third kappa shape index (κ3) is 4.35. The number of nitrogens with one attached hydrogen (secondary N) is 2. The van der Waals surface area contributed by atoms with Gasteiger partial charge in [-0.05, 0) is 6.42 Å². The number of nitro groups is 1. The van der Waals surface area contributed by atoms with Gasteiger partial charge in [0.15, 0.2) is 5.00 Å². The molecule has 0 fully saturated rings. The lowest BCUT2D eigenvalue weighted by Crippen LogP contribution is -2.28. The van der Waals surface area contributed by atoms with Gasteiger partial charge in [-0.1, -0.05) is 18.3 Å². The van der Waals surface area contributed by atoms with Crippen LogP contribution in [0, 0.1) is 10.1 Å². The molecule has 0 radical (unpaired) electrons. The Bertz CT molecular complexity index is 574. The first-order valence-electron chi connectivity index (χ1n) is 5.57. The van der Waals surface area contributed by atoms with Crippen LogP contribution in [0.3, 0.4) is 0 Å². The Morgan fingerprint density at radius 3 is 2.65 bits per heavy atom. The van der Waals surface area contributed by atoms with Crippen molar-refractivity contribution in [2.24, 2.45) is 0 Å². The van der Waals surface area contributed by atoms with E-state index >= 15 is 0 Å². The molecule has 1 heterocycles. The van der Waals surface area contributed by atoms with Crippen molar-refractivity contribution in [1.82, 2.24) is 4.72 Å². The monoisotopic (exact) mass is 329 g/mol. The van der Waals surface area contributed by atoms with Crippen LogP contribution < -0.4 is 10.0 Å². The molecule has 0 spiro atoms. The molecule has 7 nitrogen and oxygen atoms in total. The van der Waals surface area contributed by atoms with Crippen molar-refractivity contribution in [2.75, 3.05) is 18.4 Å². The minimum Gasteiger partial charge on any atom is -0.371 e. The molecule has 0 aliphatic heterocycles. The summed E-state index contributed by atoms with van der Waals surface area (Å²) in [7, 11) is -4.17. The highest BCUT2D eigenvalue weighted by Gasteiger charge is 2.26. The summed E-state index contributed by atoms with van der Waals surface area (Å²) >= 11 is 0.638. The van der Waals surface area contributed by atoms with E-state index in [2.05, 4.69) is 5.32 Å². The molecule has 11 heteroatoms. The van der Waals surface area contributed by atoms with Gasteiger partial charge in [0, 0.05) is 12.6 Å². The van der Waals surface area contributed by atoms with E-state index in [1.54, 1.807) is 4.72 Å². The number of halogens is 2. The molecular formula is C9H13F2N3O4S2. The molecule has 2 N–H and O–H groups in total. The van der Waals surface area contributed by atoms with Crippen molar-refractivity contribution in [3.63, 3.8) is 0 Å². The van der Waals surface area contributed by atoms with E-state index in [4.69, 9.17) is 0 Å². The zero-order chi connectivity index (χ0) is 15.3. The lowest BCUT2D eigenvalue weighted by atomic mass is 10.4. The van der Waals surface area contributed by atoms with Crippen molar-refractivity contribution in [2.45, 2.75) is 24.0 Å². The fourth-order valence-electron chi connectivity index (χ4n) is 1.24. The SMILES string of the molecule is CCCNc1sc(S(=O)(=O)NCC(F)F)cc1[N+](=O)[O-]. The Balaban J connectivity index is 3.04. The molecule has 0 aromatic carbocycles. The zero-order valence-corrected chi connectivity index (χ0v) is 12.1. The summed E-state index contributed by atoms with van der Waals surface area (Å²) in [5.74, 6) is 0. The van der Waals surface area contributed by atoms with Gasteiger partial charge in [-0.15, -0.1) is 0 Å². The largest absolute Gasteiger partial charge is 0.371 e. The van der Waals surface area contributed by atoms with E-state index in [0.717, 1.165) is 6.07 Å². The summed E-state index contributed by atoms with van der Waals surface area (Å²) < 4.78 is 48.8. The van der Waals surface area contributed by atoms with Crippen LogP contribution in [0.15, 0.2) is 10.3 Å². The second-order valence-corrected chi connectivity index (χ2v) is 6.75. The maximum Gasteiger partial charge on any atom is 0.304 e. The number of sulfonamides is 1. The quantitative estimate of drug-likeness (QED) is 0.561. The predicted octanol–water partition coefficient (Wildman–Crippen LogP) is 2.02. The van der Waals surface area contributed by atoms with E-state index in [-0.39, 0.29) is 14.9 Å². The van der Waals surface area contributed by atoms with Crippen molar-refractivity contribution >= 4 is 32.0 Å². The molecule has 0 unspecified atom stereocenters. The van der Waals surface area contributed by atoms with Crippen molar-refractivity contribution < 1.29 is 22.1 Å². The molecule has 0 saturated carbocycles. The van der Waals surface area contributed by atoms with Crippen LogP contribution in [0.5, 0.6) is 0 Å². The topological polar surface area (TPSA) is 101 Å². The van der Waals surface area contributed by atoms with Crippen LogP contribution in [0.2, 0.25) is 0 Å². The van der Waals surface area contributed by atoms with Crippen LogP contribution in [0.25, 0.3) is 0 Å². The van der Waals surface area contributed by atoms with Crippen LogP contribution in [-0.4, -0.2) is 32.9 Å². The first kappa shape index (κ1) is 16.7. The molecule has 1 aromatic rings. The molecule has 0 amide bonds. The Hall–Kier alpha value is -1.33. The van der Waals surface area contributed by atoms with Crippen LogP contribution in [0.1, 0.15) is 13.3 Å². The molecular weight excluding hydrogens is 316 g/mol. The van der Waals surface area contributed by atoms with Gasteiger partial charge in [0.1, 0.15) is 4.21 Å². The lowest BCUT2D eigenvalue weighted by Gasteiger charge is -2.02. The fourth-order valence-corrected chi connectivity index (χ4v) is 3.64. The molecule has 1 rings (SSSR count). The number of nitrogens with zero attached hydrogens (tertiary/aromatic N) is 1. The molecule has 114 valence electrons. The second-order valence-electron chi connectivity index (χ2n) is 3.71. The normalized spacial score (nSPS) is 11.8. The highest BCUT2D eigenvalue weighted by molar-refractivity contribution is 7.91. The molecule has 0 aliphatic carbocycles. The fraction of sp³-hybridized carbons (Fsp3) is 0.556. The molecule has 1 aromatic heterocycles. The number of hydrogen-bond donors (Lipinski definition) is 2. The third-order valence-electron chi connectivity index (χ3n) is 2.11. The van der Waals surface area contributed by atoms with Gasteiger partial charge < -0.3 is 5.32 Å². The van der Waals surface area contributed by atoms with Crippen molar-refractivity contribution in [3.8, 4) is 0 Å². The molecule has 20 heavy (non-hydrogen) atoms. The number of hydrogen-bond acceptors (Lipinski definition) is 6. The predicted molar refractivity (Wildman–Crippen MR) is 70.9 cm³/mol. The summed E-state index contributed by atoms with van der Waals surface area (Å²) in [5, 5.41) is 13.7.